The number of hydrogen-bond donors (Lipinski definition) is 2. The molecular formula is C46H74N5O11Si+. The van der Waals surface area contributed by atoms with Crippen molar-refractivity contribution in [2.45, 2.75) is 169 Å². The van der Waals surface area contributed by atoms with Crippen molar-refractivity contribution in [1.82, 2.24) is 20.4 Å². The van der Waals surface area contributed by atoms with Crippen molar-refractivity contribution in [2.75, 3.05) is 26.2 Å². The lowest BCUT2D eigenvalue weighted by Gasteiger charge is -2.39. The monoisotopic (exact) mass is 901 g/mol. The molecule has 4 rings (SSSR count). The molecule has 2 aliphatic heterocycles. The lowest BCUT2D eigenvalue weighted by Crippen LogP contribution is -2.58. The highest BCUT2D eigenvalue weighted by atomic mass is 28.4. The van der Waals surface area contributed by atoms with Crippen LogP contribution in [-0.4, -0.2) is 103 Å². The number of fused-ring (bicyclic) bond motifs is 1. The van der Waals surface area contributed by atoms with Crippen molar-refractivity contribution >= 4 is 32.6 Å². The van der Waals surface area contributed by atoms with E-state index in [1.807, 2.05) is 53.7 Å². The number of aryl methyl sites for hydroxylation is 1. The molecule has 3 heterocycles. The maximum atomic E-state index is 13.6. The average Bonchev–Trinajstić information content (AvgIpc) is 3.51. The molecule has 3 amide bonds. The number of nitrogens with one attached hydrogen (secondary N) is 2. The van der Waals surface area contributed by atoms with Gasteiger partial charge in [0.15, 0.2) is 14.9 Å². The first-order valence-electron chi connectivity index (χ1n) is 21.9. The summed E-state index contributed by atoms with van der Waals surface area (Å²) in [6.45, 7) is 34.7. The number of carbonyl (C=O) groups is 4. The van der Waals surface area contributed by atoms with Crippen LogP contribution in [0.25, 0.3) is 11.1 Å². The smallest absolute Gasteiger partial charge is 0.431 e. The first kappa shape index (κ1) is 51.0. The Balaban J connectivity index is 1.65. The zero-order valence-electron chi connectivity index (χ0n) is 40.4. The first-order valence-corrected chi connectivity index (χ1v) is 24.8. The molecule has 0 bridgehead atoms. The van der Waals surface area contributed by atoms with Gasteiger partial charge in [-0.25, -0.2) is 24.0 Å². The minimum absolute atomic E-state index is 0.0404. The molecule has 0 spiro atoms. The van der Waals surface area contributed by atoms with E-state index in [-0.39, 0.29) is 30.2 Å². The summed E-state index contributed by atoms with van der Waals surface area (Å²) >= 11 is 0. The molecular weight excluding hydrogens is 827 g/mol. The van der Waals surface area contributed by atoms with Gasteiger partial charge in [0.25, 0.3) is 0 Å². The fourth-order valence-corrected chi connectivity index (χ4v) is 8.08. The maximum absolute atomic E-state index is 13.6. The van der Waals surface area contributed by atoms with Gasteiger partial charge in [-0.3, -0.25) is 0 Å². The third-order valence-electron chi connectivity index (χ3n) is 10.9. The SMILES string of the molecule is C=CCOC(=O)NOC(C)(C(=O)OC(C)(C)C)[C@H]1CCc2cc(-c3cn(CC(CNC(=O)OC(C)(C)C)O[Si](C)(C)C(C)(C)C)[n+](CC4CN(C(=O)OC(C)(C)C)C4)c3)ccc2O1. The van der Waals surface area contributed by atoms with Crippen LogP contribution in [0.3, 0.4) is 0 Å². The topological polar surface area (TPSA) is 169 Å². The Labute approximate surface area is 375 Å². The van der Waals surface area contributed by atoms with E-state index in [1.165, 1.54) is 13.0 Å². The van der Waals surface area contributed by atoms with Crippen LogP contribution in [0.5, 0.6) is 5.75 Å². The average molecular weight is 901 g/mol. The molecule has 16 nitrogen and oxygen atoms in total. The van der Waals surface area contributed by atoms with E-state index in [2.05, 4.69) is 79.1 Å². The molecule has 1 saturated heterocycles. The number of likely N-dealkylation sites (tertiary alicyclic amines) is 1. The molecule has 0 radical (unpaired) electrons. The second-order valence-electron chi connectivity index (χ2n) is 21.3. The molecule has 352 valence electrons. The number of nitrogens with zero attached hydrogens (tertiary/aromatic N) is 3. The molecule has 2 aliphatic rings. The van der Waals surface area contributed by atoms with Crippen LogP contribution < -0.4 is 20.2 Å². The Morgan fingerprint density at radius 3 is 2.13 bits per heavy atom. The van der Waals surface area contributed by atoms with Gasteiger partial charge >= 0.3 is 24.2 Å². The standard InChI is InChI=1S/C46H73N5O11Si/c1-17-22-56-40(54)48-62-46(14,38(52)58-42(2,3)4)37-21-19-33-23-32(18-20-36(33)57-37)34-28-50(27-31-25-49(26-31)41(55)60-44(8,9)10)51(29-34)30-35(61-63(15,16)45(11,12)13)24-47-39(53)59-43(5,6)7/h17-18,20,23,28-29,31,35,37H,1,19,21-22,24-27,30H2,2-16H3,(H-,47,48,53,54)/p+1/t35?,37-,46?/m1/s1. The van der Waals surface area contributed by atoms with E-state index in [4.69, 9.17) is 32.9 Å². The third-order valence-corrected chi connectivity index (χ3v) is 15.5. The lowest BCUT2D eigenvalue weighted by atomic mass is 9.89. The summed E-state index contributed by atoms with van der Waals surface area (Å²) in [5, 5.41) is 2.87. The van der Waals surface area contributed by atoms with Crippen LogP contribution in [0.2, 0.25) is 18.1 Å². The van der Waals surface area contributed by atoms with Crippen molar-refractivity contribution in [3.8, 4) is 16.9 Å². The molecule has 17 heteroatoms. The Morgan fingerprint density at radius 1 is 0.905 bits per heavy atom. The number of benzene rings is 1. The maximum Gasteiger partial charge on any atom is 0.431 e. The van der Waals surface area contributed by atoms with Gasteiger partial charge in [-0.1, -0.05) is 39.5 Å². The van der Waals surface area contributed by atoms with Crippen molar-refractivity contribution in [3.05, 3.63) is 48.8 Å². The largest absolute Gasteiger partial charge is 0.486 e. The van der Waals surface area contributed by atoms with Crippen LogP contribution in [-0.2, 0) is 52.5 Å². The number of rotatable bonds is 15. The van der Waals surface area contributed by atoms with E-state index in [9.17, 15) is 19.2 Å². The number of hydroxylamine groups is 1. The summed E-state index contributed by atoms with van der Waals surface area (Å²) in [7, 11) is -2.31. The highest BCUT2D eigenvalue weighted by molar-refractivity contribution is 6.74. The minimum atomic E-state index is -2.31. The van der Waals surface area contributed by atoms with Gasteiger partial charge < -0.3 is 38.3 Å². The number of aromatic nitrogens is 2. The van der Waals surface area contributed by atoms with Crippen LogP contribution in [0.1, 0.15) is 102 Å². The van der Waals surface area contributed by atoms with Crippen molar-refractivity contribution in [2.24, 2.45) is 5.92 Å². The van der Waals surface area contributed by atoms with Crippen LogP contribution in [0.15, 0.2) is 43.2 Å². The van der Waals surface area contributed by atoms with Gasteiger partial charge in [-0.2, -0.15) is 10.2 Å². The molecule has 0 aliphatic carbocycles. The summed E-state index contributed by atoms with van der Waals surface area (Å²) in [6, 6.07) is 5.91. The summed E-state index contributed by atoms with van der Waals surface area (Å²) in [5.74, 6) is 0.0489. The molecule has 63 heavy (non-hydrogen) atoms. The fraction of sp³-hybridized carbons (Fsp3) is 0.674. The molecule has 1 aromatic carbocycles. The number of hydrogen-bond acceptors (Lipinski definition) is 11. The minimum Gasteiger partial charge on any atom is -0.486 e. The number of amides is 3. The number of ether oxygens (including phenoxy) is 5. The van der Waals surface area contributed by atoms with Crippen molar-refractivity contribution < 1.29 is 56.8 Å². The molecule has 2 unspecified atom stereocenters. The predicted octanol–water partition coefficient (Wildman–Crippen LogP) is 7.86. The fourth-order valence-electron chi connectivity index (χ4n) is 6.74. The summed E-state index contributed by atoms with van der Waals surface area (Å²) in [4.78, 5) is 59.1. The molecule has 1 fully saturated rings. The van der Waals surface area contributed by atoms with Gasteiger partial charge in [0.05, 0.1) is 23.8 Å². The van der Waals surface area contributed by atoms with Crippen LogP contribution in [0, 0.1) is 5.92 Å². The molecule has 0 saturated carbocycles. The lowest BCUT2D eigenvalue weighted by molar-refractivity contribution is -0.782. The number of alkyl carbamates (subject to hydrolysis) is 1. The summed E-state index contributed by atoms with van der Waals surface area (Å²) in [5.41, 5.74) is 1.25. The van der Waals surface area contributed by atoms with Crippen molar-refractivity contribution in [3.63, 3.8) is 0 Å². The van der Waals surface area contributed by atoms with Gasteiger partial charge in [-0.05, 0) is 123 Å². The highest BCUT2D eigenvalue weighted by Gasteiger charge is 2.50. The normalized spacial score (nSPS) is 17.5. The highest BCUT2D eigenvalue weighted by Crippen LogP contribution is 2.39. The Kier molecular flexibility index (Phi) is 15.9. The molecule has 1 aromatic heterocycles. The molecule has 2 N–H and O–H groups in total. The van der Waals surface area contributed by atoms with Gasteiger partial charge in [0.1, 0.15) is 41.8 Å². The molecule has 2 aromatic rings. The number of esters is 1. The Hall–Kier alpha value is -4.61. The van der Waals surface area contributed by atoms with E-state index in [0.29, 0.717) is 44.8 Å². The Bertz CT molecular complexity index is 1950. The Morgan fingerprint density at radius 2 is 1.54 bits per heavy atom. The van der Waals surface area contributed by atoms with E-state index >= 15 is 0 Å². The van der Waals surface area contributed by atoms with E-state index in [0.717, 1.165) is 16.7 Å². The first-order chi connectivity index (χ1) is 28.9. The summed E-state index contributed by atoms with van der Waals surface area (Å²) in [6.07, 6.45) is 3.59. The quantitative estimate of drug-likeness (QED) is 0.0446. The molecule has 3 atom stereocenters. The van der Waals surface area contributed by atoms with Crippen LogP contribution in [0.4, 0.5) is 14.4 Å². The van der Waals surface area contributed by atoms with Crippen molar-refractivity contribution in [1.29, 1.82) is 0 Å². The van der Waals surface area contributed by atoms with Crippen LogP contribution >= 0.6 is 0 Å². The van der Waals surface area contributed by atoms with Gasteiger partial charge in [0, 0.05) is 19.6 Å². The predicted molar refractivity (Wildman–Crippen MR) is 240 cm³/mol. The van der Waals surface area contributed by atoms with E-state index in [1.54, 1.807) is 25.7 Å². The van der Waals surface area contributed by atoms with Gasteiger partial charge in [0.2, 0.25) is 11.8 Å². The zero-order valence-corrected chi connectivity index (χ0v) is 41.4. The zero-order chi connectivity index (χ0) is 47.3. The second-order valence-corrected chi connectivity index (χ2v) is 26.0. The van der Waals surface area contributed by atoms with E-state index < -0.39 is 61.1 Å². The summed E-state index contributed by atoms with van der Waals surface area (Å²) < 4.78 is 39.6. The third kappa shape index (κ3) is 14.7. The van der Waals surface area contributed by atoms with Gasteiger partial charge in [-0.15, -0.1) is 4.68 Å². The second kappa shape index (κ2) is 19.6. The number of carbonyl (C=O) groups excluding carboxylic acids is 4.